The first-order chi connectivity index (χ1) is 15.6. The lowest BCUT2D eigenvalue weighted by molar-refractivity contribution is -0.126. The van der Waals surface area contributed by atoms with Gasteiger partial charge in [0, 0.05) is 16.6 Å². The van der Waals surface area contributed by atoms with E-state index in [0.29, 0.717) is 10.6 Å². The lowest BCUT2D eigenvalue weighted by Crippen LogP contribution is -2.48. The molecule has 4 rings (SSSR count). The summed E-state index contributed by atoms with van der Waals surface area (Å²) < 4.78 is 0. The van der Waals surface area contributed by atoms with Gasteiger partial charge in [0.05, 0.1) is 11.4 Å². The highest BCUT2D eigenvalue weighted by Gasteiger charge is 2.35. The molecular weight excluding hydrogens is 442 g/mol. The summed E-state index contributed by atoms with van der Waals surface area (Å²) in [6, 6.07) is 15.7. The van der Waals surface area contributed by atoms with Crippen LogP contribution >= 0.6 is 22.7 Å². The predicted molar refractivity (Wildman–Crippen MR) is 128 cm³/mol. The maximum Gasteiger partial charge on any atom is 0.261 e. The molecule has 1 saturated carbocycles. The van der Waals surface area contributed by atoms with E-state index in [2.05, 4.69) is 10.6 Å². The fourth-order valence-electron chi connectivity index (χ4n) is 3.93. The minimum absolute atomic E-state index is 0.135. The molecule has 6 nitrogen and oxygen atoms in total. The van der Waals surface area contributed by atoms with Gasteiger partial charge in [-0.2, -0.15) is 0 Å². The number of hydrogen-bond donors (Lipinski definition) is 2. The van der Waals surface area contributed by atoms with Crippen molar-refractivity contribution in [3.63, 3.8) is 0 Å². The Bertz CT molecular complexity index is 1030. The molecule has 166 valence electrons. The number of anilines is 1. The summed E-state index contributed by atoms with van der Waals surface area (Å²) in [6.07, 6.45) is 4.12. The largest absolute Gasteiger partial charge is 0.351 e. The summed E-state index contributed by atoms with van der Waals surface area (Å²) >= 11 is 2.75. The summed E-state index contributed by atoms with van der Waals surface area (Å²) in [5.74, 6) is -0.841. The summed E-state index contributed by atoms with van der Waals surface area (Å²) in [4.78, 5) is 42.1. The Morgan fingerprint density at radius 3 is 2.31 bits per heavy atom. The van der Waals surface area contributed by atoms with Crippen molar-refractivity contribution in [3.8, 4) is 0 Å². The van der Waals surface area contributed by atoms with E-state index in [0.717, 1.165) is 30.6 Å². The maximum absolute atomic E-state index is 13.5. The highest BCUT2D eigenvalue weighted by atomic mass is 32.1. The van der Waals surface area contributed by atoms with Crippen LogP contribution in [0, 0.1) is 0 Å². The molecule has 1 aromatic carbocycles. The third-order valence-electron chi connectivity index (χ3n) is 5.47. The van der Waals surface area contributed by atoms with E-state index in [1.54, 1.807) is 12.1 Å². The zero-order valence-corrected chi connectivity index (χ0v) is 19.2. The molecule has 0 aliphatic heterocycles. The van der Waals surface area contributed by atoms with E-state index in [1.807, 2.05) is 53.2 Å². The van der Waals surface area contributed by atoms with E-state index < -0.39 is 6.04 Å². The third-order valence-corrected chi connectivity index (χ3v) is 7.26. The van der Waals surface area contributed by atoms with Crippen molar-refractivity contribution in [3.05, 3.63) is 75.1 Å². The molecule has 2 aromatic heterocycles. The highest BCUT2D eigenvalue weighted by Crippen LogP contribution is 2.31. The summed E-state index contributed by atoms with van der Waals surface area (Å²) in [6.45, 7) is -0.204. The van der Waals surface area contributed by atoms with Crippen molar-refractivity contribution < 1.29 is 14.4 Å². The summed E-state index contributed by atoms with van der Waals surface area (Å²) in [7, 11) is 0. The van der Waals surface area contributed by atoms with E-state index >= 15 is 0 Å². The van der Waals surface area contributed by atoms with Crippen LogP contribution in [-0.4, -0.2) is 30.3 Å². The van der Waals surface area contributed by atoms with Crippen LogP contribution in [0.25, 0.3) is 0 Å². The van der Waals surface area contributed by atoms with Crippen molar-refractivity contribution in [1.82, 2.24) is 10.6 Å². The van der Waals surface area contributed by atoms with Crippen molar-refractivity contribution in [2.45, 2.75) is 37.8 Å². The Morgan fingerprint density at radius 2 is 1.66 bits per heavy atom. The van der Waals surface area contributed by atoms with E-state index in [1.165, 1.54) is 27.6 Å². The number of carbonyl (C=O) groups excluding carboxylic acids is 3. The van der Waals surface area contributed by atoms with Crippen molar-refractivity contribution in [2.75, 3.05) is 11.4 Å². The molecule has 1 aliphatic carbocycles. The predicted octanol–water partition coefficient (Wildman–Crippen LogP) is 4.37. The second-order valence-corrected chi connectivity index (χ2v) is 9.59. The first-order valence-corrected chi connectivity index (χ1v) is 12.4. The standard InChI is InChI=1S/C24H25N3O3S2/c28-21(16-25-23(29)20-13-7-15-32-20)27(18-10-2-1-3-11-18)22(19-12-6-14-31-19)24(30)26-17-8-4-5-9-17/h1-3,6-7,10-15,17,22H,4-5,8-9,16H2,(H,25,29)(H,26,30). The molecule has 1 atom stereocenters. The fourth-order valence-corrected chi connectivity index (χ4v) is 5.39. The Hall–Kier alpha value is -2.97. The monoisotopic (exact) mass is 467 g/mol. The molecule has 1 aliphatic rings. The number of nitrogens with zero attached hydrogens (tertiary/aromatic N) is 1. The van der Waals surface area contributed by atoms with Gasteiger partial charge in [0.1, 0.15) is 6.04 Å². The van der Waals surface area contributed by atoms with Crippen LogP contribution in [0.2, 0.25) is 0 Å². The quantitative estimate of drug-likeness (QED) is 0.516. The average molecular weight is 468 g/mol. The van der Waals surface area contributed by atoms with Crippen LogP contribution in [0.4, 0.5) is 5.69 Å². The van der Waals surface area contributed by atoms with Crippen LogP contribution in [0.15, 0.2) is 65.4 Å². The van der Waals surface area contributed by atoms with Crippen molar-refractivity contribution in [2.24, 2.45) is 0 Å². The van der Waals surface area contributed by atoms with Crippen molar-refractivity contribution >= 4 is 46.1 Å². The number of carbonyl (C=O) groups is 3. The molecule has 0 bridgehead atoms. The third kappa shape index (κ3) is 5.26. The van der Waals surface area contributed by atoms with Crippen LogP contribution in [0.5, 0.6) is 0 Å². The Labute approximate surface area is 195 Å². The second kappa shape index (κ2) is 10.6. The van der Waals surface area contributed by atoms with Crippen LogP contribution in [-0.2, 0) is 9.59 Å². The molecule has 2 heterocycles. The molecule has 32 heavy (non-hydrogen) atoms. The van der Waals surface area contributed by atoms with E-state index in [-0.39, 0.29) is 30.3 Å². The molecule has 3 amide bonds. The van der Waals surface area contributed by atoms with Gasteiger partial charge < -0.3 is 10.6 Å². The molecule has 0 radical (unpaired) electrons. The molecule has 3 aromatic rings. The van der Waals surface area contributed by atoms with Gasteiger partial charge in [0.25, 0.3) is 5.91 Å². The molecule has 1 unspecified atom stereocenters. The van der Waals surface area contributed by atoms with Gasteiger partial charge in [-0.1, -0.05) is 43.2 Å². The van der Waals surface area contributed by atoms with E-state index in [4.69, 9.17) is 0 Å². The number of nitrogens with one attached hydrogen (secondary N) is 2. The topological polar surface area (TPSA) is 78.5 Å². The van der Waals surface area contributed by atoms with Crippen molar-refractivity contribution in [1.29, 1.82) is 0 Å². The number of hydrogen-bond acceptors (Lipinski definition) is 5. The summed E-state index contributed by atoms with van der Waals surface area (Å²) in [5.41, 5.74) is 0.614. The fraction of sp³-hybridized carbons (Fsp3) is 0.292. The van der Waals surface area contributed by atoms with Crippen LogP contribution in [0.1, 0.15) is 46.3 Å². The molecule has 8 heteroatoms. The average Bonchev–Trinajstić information content (AvgIpc) is 3.59. The SMILES string of the molecule is O=C(NCC(=O)N(c1ccccc1)C(C(=O)NC1CCCC1)c1cccs1)c1cccs1. The smallest absolute Gasteiger partial charge is 0.261 e. The van der Waals surface area contributed by atoms with Gasteiger partial charge in [-0.3, -0.25) is 19.3 Å². The second-order valence-electron chi connectivity index (χ2n) is 7.67. The van der Waals surface area contributed by atoms with Crippen LogP contribution < -0.4 is 15.5 Å². The minimum Gasteiger partial charge on any atom is -0.351 e. The number of benzene rings is 1. The first-order valence-electron chi connectivity index (χ1n) is 10.7. The number of para-hydroxylation sites is 1. The van der Waals surface area contributed by atoms with Gasteiger partial charge in [-0.05, 0) is 47.9 Å². The zero-order chi connectivity index (χ0) is 22.3. The Kier molecular flexibility index (Phi) is 7.34. The van der Waals surface area contributed by atoms with Gasteiger partial charge in [0.2, 0.25) is 11.8 Å². The van der Waals surface area contributed by atoms with Gasteiger partial charge in [-0.25, -0.2) is 0 Å². The molecular formula is C24H25N3O3S2. The lowest BCUT2D eigenvalue weighted by Gasteiger charge is -2.31. The van der Waals surface area contributed by atoms with Gasteiger partial charge in [-0.15, -0.1) is 22.7 Å². The number of rotatable bonds is 8. The molecule has 1 fully saturated rings. The van der Waals surface area contributed by atoms with E-state index in [9.17, 15) is 14.4 Å². The minimum atomic E-state index is -0.802. The van der Waals surface area contributed by atoms with Gasteiger partial charge in [0.15, 0.2) is 0 Å². The first kappa shape index (κ1) is 22.2. The highest BCUT2D eigenvalue weighted by molar-refractivity contribution is 7.12. The lowest BCUT2D eigenvalue weighted by atomic mass is 10.1. The van der Waals surface area contributed by atoms with Gasteiger partial charge >= 0.3 is 0 Å². The Morgan fingerprint density at radius 1 is 0.938 bits per heavy atom. The van der Waals surface area contributed by atoms with Crippen LogP contribution in [0.3, 0.4) is 0 Å². The Balaban J connectivity index is 1.61. The molecule has 0 spiro atoms. The number of thiophene rings is 2. The number of amides is 3. The molecule has 2 N–H and O–H groups in total. The summed E-state index contributed by atoms with van der Waals surface area (Å²) in [5, 5.41) is 9.56. The normalized spacial score (nSPS) is 14.6. The molecule has 0 saturated heterocycles. The maximum atomic E-state index is 13.5. The zero-order valence-electron chi connectivity index (χ0n) is 17.5.